The van der Waals surface area contributed by atoms with E-state index in [4.69, 9.17) is 15.7 Å². The van der Waals surface area contributed by atoms with Gasteiger partial charge in [-0.15, -0.1) is 0 Å². The highest BCUT2D eigenvalue weighted by Gasteiger charge is 1.95. The van der Waals surface area contributed by atoms with Crippen molar-refractivity contribution in [1.29, 1.82) is 0 Å². The SMILES string of the molecule is C1CC1.CC.O=C=O.[2H]CC(=O)OCCCC(C)C. The standard InChI is InChI=1S/C8H16O2.C3H6.C2H6.CO2/c1-7(2)5-4-6-10-8(3)9;1-2-3-1;1-2;2-1-3/h7H,4-6H2,1-3H3;1-3H2;1-2H3;/i3D;;;. The molecular weight excluding hydrogens is 232 g/mol. The zero-order chi connectivity index (χ0) is 15.5. The molecule has 1 aliphatic carbocycles. The minimum Gasteiger partial charge on any atom is -0.466 e. The van der Waals surface area contributed by atoms with Gasteiger partial charge >= 0.3 is 12.1 Å². The molecule has 0 atom stereocenters. The molecule has 1 rings (SSSR count). The van der Waals surface area contributed by atoms with E-state index >= 15 is 0 Å². The van der Waals surface area contributed by atoms with Crippen molar-refractivity contribution in [3.63, 3.8) is 0 Å². The van der Waals surface area contributed by atoms with Crippen LogP contribution in [0.4, 0.5) is 0 Å². The van der Waals surface area contributed by atoms with Gasteiger partial charge in [0.05, 0.1) is 6.61 Å². The lowest BCUT2D eigenvalue weighted by Gasteiger charge is -2.03. The largest absolute Gasteiger partial charge is 0.466 e. The summed E-state index contributed by atoms with van der Waals surface area (Å²) in [4.78, 5) is 26.7. The van der Waals surface area contributed by atoms with Crippen molar-refractivity contribution >= 4 is 12.1 Å². The molecule has 1 aliphatic rings. The maximum absolute atomic E-state index is 10.4. The molecule has 4 nitrogen and oxygen atoms in total. The molecule has 0 N–H and O–H groups in total. The fourth-order valence-electron chi connectivity index (χ4n) is 0.678. The molecule has 0 amide bonds. The highest BCUT2D eigenvalue weighted by molar-refractivity contribution is 5.65. The molecule has 0 spiro atoms. The molecule has 1 saturated carbocycles. The molecule has 0 aliphatic heterocycles. The molecule has 4 heteroatoms. The van der Waals surface area contributed by atoms with E-state index in [9.17, 15) is 4.79 Å². The molecule has 18 heavy (non-hydrogen) atoms. The van der Waals surface area contributed by atoms with Crippen LogP contribution < -0.4 is 0 Å². The van der Waals surface area contributed by atoms with E-state index in [-0.39, 0.29) is 13.1 Å². The summed E-state index contributed by atoms with van der Waals surface area (Å²) in [7, 11) is 0. The van der Waals surface area contributed by atoms with Gasteiger partial charge in [0.2, 0.25) is 0 Å². The number of carbonyl (C=O) groups is 1. The van der Waals surface area contributed by atoms with E-state index in [1.54, 1.807) is 0 Å². The summed E-state index contributed by atoms with van der Waals surface area (Å²) in [6.45, 7) is 8.47. The molecule has 0 radical (unpaired) electrons. The van der Waals surface area contributed by atoms with Crippen LogP contribution in [0.5, 0.6) is 0 Å². The number of carbonyl (C=O) groups excluding carboxylic acids is 3. The molecule has 0 heterocycles. The molecule has 0 bridgehead atoms. The minimum absolute atomic E-state index is 0.250. The molecule has 0 unspecified atom stereocenters. The lowest BCUT2D eigenvalue weighted by Crippen LogP contribution is -2.01. The third-order valence-corrected chi connectivity index (χ3v) is 1.54. The molecule has 1 fully saturated rings. The van der Waals surface area contributed by atoms with Gasteiger partial charge in [-0.05, 0) is 18.8 Å². The van der Waals surface area contributed by atoms with E-state index in [2.05, 4.69) is 13.8 Å². The lowest BCUT2D eigenvalue weighted by atomic mass is 10.1. The molecule has 0 aromatic heterocycles. The van der Waals surface area contributed by atoms with Gasteiger partial charge in [0, 0.05) is 8.27 Å². The summed E-state index contributed by atoms with van der Waals surface area (Å²) >= 11 is 0. The van der Waals surface area contributed by atoms with Crippen LogP contribution in [0.3, 0.4) is 0 Å². The first-order valence-corrected chi connectivity index (χ1v) is 6.52. The fraction of sp³-hybridized carbons (Fsp3) is 0.857. The van der Waals surface area contributed by atoms with Crippen LogP contribution >= 0.6 is 0 Å². The van der Waals surface area contributed by atoms with Gasteiger partial charge < -0.3 is 4.74 Å². The maximum Gasteiger partial charge on any atom is 0.373 e. The van der Waals surface area contributed by atoms with Crippen LogP contribution in [0.15, 0.2) is 0 Å². The number of ether oxygens (including phenoxy) is 1. The predicted molar refractivity (Wildman–Crippen MR) is 70.9 cm³/mol. The van der Waals surface area contributed by atoms with E-state index in [0.29, 0.717) is 12.5 Å². The van der Waals surface area contributed by atoms with Crippen LogP contribution in [0.1, 0.15) is 68.1 Å². The Kier molecular flexibility index (Phi) is 22.6. The average molecular weight is 261 g/mol. The van der Waals surface area contributed by atoms with Crippen molar-refractivity contribution in [3.8, 4) is 0 Å². The topological polar surface area (TPSA) is 60.4 Å². The number of hydrogen-bond donors (Lipinski definition) is 0. The van der Waals surface area contributed by atoms with Crippen molar-refractivity contribution in [2.75, 3.05) is 6.61 Å². The Labute approximate surface area is 112 Å². The van der Waals surface area contributed by atoms with Gasteiger partial charge in [0.15, 0.2) is 0 Å². The maximum atomic E-state index is 10.4. The summed E-state index contributed by atoms with van der Waals surface area (Å²) in [6, 6.07) is 0. The van der Waals surface area contributed by atoms with Crippen LogP contribution in [0, 0.1) is 5.92 Å². The van der Waals surface area contributed by atoms with Crippen molar-refractivity contribution in [1.82, 2.24) is 0 Å². The van der Waals surface area contributed by atoms with Crippen LogP contribution in [-0.2, 0) is 19.1 Å². The minimum atomic E-state index is -0.422. The summed E-state index contributed by atoms with van der Waals surface area (Å²) in [5.74, 6) is 0.235. The van der Waals surface area contributed by atoms with Crippen molar-refractivity contribution in [2.24, 2.45) is 5.92 Å². The highest BCUT2D eigenvalue weighted by atomic mass is 16.5. The van der Waals surface area contributed by atoms with Gasteiger partial charge in [0.25, 0.3) is 0 Å². The summed E-state index contributed by atoms with van der Waals surface area (Å²) in [6.07, 6.45) is 6.73. The zero-order valence-corrected chi connectivity index (χ0v) is 12.2. The summed E-state index contributed by atoms with van der Waals surface area (Å²) in [5, 5.41) is 0. The van der Waals surface area contributed by atoms with Gasteiger partial charge in [-0.2, -0.15) is 9.59 Å². The molecule has 0 saturated heterocycles. The second kappa shape index (κ2) is 21.2. The first-order valence-electron chi connectivity index (χ1n) is 7.23. The van der Waals surface area contributed by atoms with E-state index < -0.39 is 5.97 Å². The third kappa shape index (κ3) is 60.7. The first kappa shape index (κ1) is 19.2. The second-order valence-corrected chi connectivity index (χ2v) is 3.90. The molecular formula is C14H28O4. The van der Waals surface area contributed by atoms with Crippen LogP contribution in [-0.4, -0.2) is 18.7 Å². The van der Waals surface area contributed by atoms with E-state index in [1.165, 1.54) is 19.3 Å². The number of rotatable bonds is 4. The van der Waals surface area contributed by atoms with E-state index in [1.807, 2.05) is 13.8 Å². The lowest BCUT2D eigenvalue weighted by molar-refractivity contribution is -0.191. The Morgan fingerprint density at radius 3 is 2.00 bits per heavy atom. The van der Waals surface area contributed by atoms with Gasteiger partial charge in [0.1, 0.15) is 0 Å². The molecule has 0 aromatic carbocycles. The van der Waals surface area contributed by atoms with Crippen molar-refractivity contribution < 1.29 is 20.5 Å². The Bertz CT molecular complexity index is 207. The quantitative estimate of drug-likeness (QED) is 0.573. The third-order valence-electron chi connectivity index (χ3n) is 1.54. The van der Waals surface area contributed by atoms with Crippen molar-refractivity contribution in [2.45, 2.75) is 66.7 Å². The molecule has 108 valence electrons. The average Bonchev–Trinajstić information content (AvgIpc) is 3.25. The van der Waals surface area contributed by atoms with Gasteiger partial charge in [-0.3, -0.25) is 4.79 Å². The monoisotopic (exact) mass is 261 g/mol. The Hall–Kier alpha value is -1.15. The second-order valence-electron chi connectivity index (χ2n) is 3.90. The number of esters is 1. The zero-order valence-electron chi connectivity index (χ0n) is 13.2. The fourth-order valence-corrected chi connectivity index (χ4v) is 0.678. The highest BCUT2D eigenvalue weighted by Crippen LogP contribution is 2.14. The molecule has 0 aromatic rings. The predicted octanol–water partition coefficient (Wildman–Crippen LogP) is 3.60. The smallest absolute Gasteiger partial charge is 0.373 e. The summed E-state index contributed by atoms with van der Waals surface area (Å²) in [5.41, 5.74) is 0. The summed E-state index contributed by atoms with van der Waals surface area (Å²) < 4.78 is 11.4. The van der Waals surface area contributed by atoms with Gasteiger partial charge in [-0.25, -0.2) is 0 Å². The van der Waals surface area contributed by atoms with E-state index in [0.717, 1.165) is 12.8 Å². The van der Waals surface area contributed by atoms with Crippen LogP contribution in [0.25, 0.3) is 0 Å². The Balaban J connectivity index is -0.000000259. The normalized spacial score (nSPS) is 11.1. The van der Waals surface area contributed by atoms with Crippen molar-refractivity contribution in [3.05, 3.63) is 0 Å². The Morgan fingerprint density at radius 2 is 1.72 bits per heavy atom. The Morgan fingerprint density at radius 1 is 1.28 bits per heavy atom. The number of hydrogen-bond acceptors (Lipinski definition) is 4. The first-order chi connectivity index (χ1) is 9.08. The van der Waals surface area contributed by atoms with Gasteiger partial charge in [-0.1, -0.05) is 47.0 Å². The van der Waals surface area contributed by atoms with Crippen LogP contribution in [0.2, 0.25) is 0 Å².